The van der Waals surface area contributed by atoms with E-state index in [1.165, 1.54) is 29.2 Å². The number of benzene rings is 1. The predicted molar refractivity (Wildman–Crippen MR) is 81.4 cm³/mol. The monoisotopic (exact) mass is 267 g/mol. The molecule has 3 heteroatoms. The first-order valence-corrected chi connectivity index (χ1v) is 8.44. The van der Waals surface area contributed by atoms with Crippen LogP contribution in [0.2, 0.25) is 0 Å². The van der Waals surface area contributed by atoms with Gasteiger partial charge in [-0.05, 0) is 36.5 Å². The van der Waals surface area contributed by atoms with Crippen LogP contribution in [0.4, 0.5) is 5.69 Å². The topological polar surface area (TPSA) is 12.0 Å². The molecular formula is C14H21NS2. The van der Waals surface area contributed by atoms with Crippen molar-refractivity contribution in [2.24, 2.45) is 0 Å². The zero-order chi connectivity index (χ0) is 12.1. The fourth-order valence-corrected chi connectivity index (χ4v) is 4.09. The lowest BCUT2D eigenvalue weighted by molar-refractivity contribution is 0.616. The molecule has 0 saturated carbocycles. The SMILES string of the molecule is CCSc1ccccc1NC1CCCSC1C. The van der Waals surface area contributed by atoms with Crippen molar-refractivity contribution in [2.45, 2.75) is 42.9 Å². The summed E-state index contributed by atoms with van der Waals surface area (Å²) in [5, 5.41) is 4.47. The number of nitrogens with one attached hydrogen (secondary N) is 1. The first-order chi connectivity index (χ1) is 8.31. The highest BCUT2D eigenvalue weighted by atomic mass is 32.2. The summed E-state index contributed by atoms with van der Waals surface area (Å²) < 4.78 is 0. The van der Waals surface area contributed by atoms with Gasteiger partial charge in [0.2, 0.25) is 0 Å². The Balaban J connectivity index is 2.06. The van der Waals surface area contributed by atoms with Crippen molar-refractivity contribution in [1.29, 1.82) is 0 Å². The minimum atomic E-state index is 0.632. The lowest BCUT2D eigenvalue weighted by Gasteiger charge is -2.30. The third kappa shape index (κ3) is 3.59. The van der Waals surface area contributed by atoms with E-state index in [1.807, 2.05) is 11.8 Å². The van der Waals surface area contributed by atoms with Crippen LogP contribution in [0.5, 0.6) is 0 Å². The summed E-state index contributed by atoms with van der Waals surface area (Å²) in [5.41, 5.74) is 1.32. The van der Waals surface area contributed by atoms with E-state index in [0.29, 0.717) is 6.04 Å². The van der Waals surface area contributed by atoms with Crippen molar-refractivity contribution in [3.63, 3.8) is 0 Å². The highest BCUT2D eigenvalue weighted by molar-refractivity contribution is 8.00. The highest BCUT2D eigenvalue weighted by Crippen LogP contribution is 2.32. The number of thioether (sulfide) groups is 2. The average Bonchev–Trinajstić information content (AvgIpc) is 2.35. The van der Waals surface area contributed by atoms with Gasteiger partial charge in [-0.1, -0.05) is 26.0 Å². The van der Waals surface area contributed by atoms with Crippen LogP contribution in [0.3, 0.4) is 0 Å². The molecule has 1 N–H and O–H groups in total. The summed E-state index contributed by atoms with van der Waals surface area (Å²) >= 11 is 4.02. The largest absolute Gasteiger partial charge is 0.380 e. The molecule has 1 nitrogen and oxygen atoms in total. The summed E-state index contributed by atoms with van der Waals surface area (Å²) in [5.74, 6) is 2.46. The Bertz CT molecular complexity index is 354. The first kappa shape index (κ1) is 13.2. The molecule has 1 aromatic carbocycles. The number of hydrogen-bond acceptors (Lipinski definition) is 3. The van der Waals surface area contributed by atoms with Gasteiger partial charge in [0.05, 0.1) is 0 Å². The summed E-state index contributed by atoms with van der Waals surface area (Å²) in [4.78, 5) is 1.39. The zero-order valence-corrected chi connectivity index (χ0v) is 12.2. The summed E-state index contributed by atoms with van der Waals surface area (Å²) in [7, 11) is 0. The van der Waals surface area contributed by atoms with Crippen molar-refractivity contribution in [3.8, 4) is 0 Å². The molecule has 2 atom stereocenters. The van der Waals surface area contributed by atoms with Crippen LogP contribution in [0.25, 0.3) is 0 Å². The van der Waals surface area contributed by atoms with Gasteiger partial charge in [-0.2, -0.15) is 11.8 Å². The van der Waals surface area contributed by atoms with E-state index in [4.69, 9.17) is 0 Å². The quantitative estimate of drug-likeness (QED) is 0.807. The minimum absolute atomic E-state index is 0.632. The Morgan fingerprint density at radius 1 is 1.41 bits per heavy atom. The van der Waals surface area contributed by atoms with Crippen molar-refractivity contribution in [3.05, 3.63) is 24.3 Å². The van der Waals surface area contributed by atoms with Gasteiger partial charge in [-0.25, -0.2) is 0 Å². The molecule has 0 amide bonds. The Morgan fingerprint density at radius 2 is 2.24 bits per heavy atom. The molecule has 2 unspecified atom stereocenters. The molecule has 0 spiro atoms. The molecule has 0 aromatic heterocycles. The molecule has 1 aromatic rings. The van der Waals surface area contributed by atoms with Gasteiger partial charge < -0.3 is 5.32 Å². The van der Waals surface area contributed by atoms with Crippen molar-refractivity contribution < 1.29 is 0 Å². The Hall–Kier alpha value is -0.280. The predicted octanol–water partition coefficient (Wildman–Crippen LogP) is 4.49. The fraction of sp³-hybridized carbons (Fsp3) is 0.571. The molecule has 17 heavy (non-hydrogen) atoms. The highest BCUT2D eigenvalue weighted by Gasteiger charge is 2.22. The summed E-state index contributed by atoms with van der Waals surface area (Å²) in [6, 6.07) is 9.32. The fourth-order valence-electron chi connectivity index (χ4n) is 2.18. The van der Waals surface area contributed by atoms with E-state index in [2.05, 4.69) is 55.2 Å². The second-order valence-corrected chi connectivity index (χ2v) is 7.19. The normalized spacial score (nSPS) is 24.6. The molecule has 0 aliphatic carbocycles. The first-order valence-electron chi connectivity index (χ1n) is 6.41. The Kier molecular flexibility index (Phi) is 5.11. The van der Waals surface area contributed by atoms with Gasteiger partial charge >= 0.3 is 0 Å². The van der Waals surface area contributed by atoms with Crippen LogP contribution in [-0.2, 0) is 0 Å². The van der Waals surface area contributed by atoms with Gasteiger partial charge in [0.15, 0.2) is 0 Å². The molecule has 1 saturated heterocycles. The molecular weight excluding hydrogens is 246 g/mol. The van der Waals surface area contributed by atoms with E-state index in [0.717, 1.165) is 11.0 Å². The smallest absolute Gasteiger partial charge is 0.0480 e. The standard InChI is InChI=1S/C14H21NS2/c1-3-16-14-9-5-4-7-13(14)15-12-8-6-10-17-11(12)2/h4-5,7,9,11-12,15H,3,6,8,10H2,1-2H3. The van der Waals surface area contributed by atoms with Crippen LogP contribution in [0, 0.1) is 0 Å². The molecule has 1 aliphatic rings. The summed E-state index contributed by atoms with van der Waals surface area (Å²) in [6.45, 7) is 4.55. The molecule has 2 rings (SSSR count). The molecule has 0 bridgehead atoms. The van der Waals surface area contributed by atoms with E-state index >= 15 is 0 Å². The van der Waals surface area contributed by atoms with Crippen molar-refractivity contribution in [1.82, 2.24) is 0 Å². The third-order valence-electron chi connectivity index (χ3n) is 3.13. The number of para-hydroxylation sites is 1. The molecule has 0 radical (unpaired) electrons. The molecule has 94 valence electrons. The van der Waals surface area contributed by atoms with Crippen molar-refractivity contribution >= 4 is 29.2 Å². The van der Waals surface area contributed by atoms with E-state index in [9.17, 15) is 0 Å². The van der Waals surface area contributed by atoms with Gasteiger partial charge in [0.25, 0.3) is 0 Å². The average molecular weight is 267 g/mol. The lowest BCUT2D eigenvalue weighted by atomic mass is 10.1. The van der Waals surface area contributed by atoms with Gasteiger partial charge in [0, 0.05) is 21.9 Å². The third-order valence-corrected chi connectivity index (χ3v) is 5.47. The number of hydrogen-bond donors (Lipinski definition) is 1. The van der Waals surface area contributed by atoms with Crippen LogP contribution >= 0.6 is 23.5 Å². The lowest BCUT2D eigenvalue weighted by Crippen LogP contribution is -2.32. The van der Waals surface area contributed by atoms with Crippen molar-refractivity contribution in [2.75, 3.05) is 16.8 Å². The maximum atomic E-state index is 3.74. The van der Waals surface area contributed by atoms with E-state index < -0.39 is 0 Å². The zero-order valence-electron chi connectivity index (χ0n) is 10.6. The van der Waals surface area contributed by atoms with Crippen LogP contribution in [-0.4, -0.2) is 22.8 Å². The molecule has 1 fully saturated rings. The van der Waals surface area contributed by atoms with Gasteiger partial charge in [0.1, 0.15) is 0 Å². The number of anilines is 1. The Morgan fingerprint density at radius 3 is 3.00 bits per heavy atom. The van der Waals surface area contributed by atoms with Gasteiger partial charge in [-0.3, -0.25) is 0 Å². The maximum absolute atomic E-state index is 3.74. The van der Waals surface area contributed by atoms with Crippen LogP contribution in [0.1, 0.15) is 26.7 Å². The minimum Gasteiger partial charge on any atom is -0.380 e. The second kappa shape index (κ2) is 6.60. The summed E-state index contributed by atoms with van der Waals surface area (Å²) in [6.07, 6.45) is 2.65. The second-order valence-electron chi connectivity index (χ2n) is 4.40. The van der Waals surface area contributed by atoms with Crippen LogP contribution in [0.15, 0.2) is 29.2 Å². The molecule has 1 heterocycles. The van der Waals surface area contributed by atoms with Crippen LogP contribution < -0.4 is 5.32 Å². The van der Waals surface area contributed by atoms with E-state index in [-0.39, 0.29) is 0 Å². The molecule has 1 aliphatic heterocycles. The number of rotatable bonds is 4. The van der Waals surface area contributed by atoms with E-state index in [1.54, 1.807) is 0 Å². The Labute approximate surface area is 113 Å². The maximum Gasteiger partial charge on any atom is 0.0480 e. The van der Waals surface area contributed by atoms with Gasteiger partial charge in [-0.15, -0.1) is 11.8 Å².